The summed E-state index contributed by atoms with van der Waals surface area (Å²) in [5, 5.41) is 8.10. The molecule has 1 aliphatic heterocycles. The molecule has 0 spiro atoms. The summed E-state index contributed by atoms with van der Waals surface area (Å²) in [6.07, 6.45) is 3.44. The van der Waals surface area contributed by atoms with E-state index in [0.717, 1.165) is 11.1 Å². The lowest BCUT2D eigenvalue weighted by atomic mass is 10.1. The SMILES string of the molecule is CN1c2cc(S(C)(=O)=O)ccc2CCN1C(=O)c1cc2ccc(Cl)cn2n1. The molecule has 0 bridgehead atoms. The number of fused-ring (bicyclic) bond motifs is 2. The zero-order valence-electron chi connectivity index (χ0n) is 14.8. The van der Waals surface area contributed by atoms with Crippen LogP contribution in [0.1, 0.15) is 16.1 Å². The maximum atomic E-state index is 13.0. The van der Waals surface area contributed by atoms with Gasteiger partial charge in [-0.1, -0.05) is 17.7 Å². The standard InChI is InChI=1S/C18H17ClN4O3S/c1-21-17-10-15(27(2,25)26)6-3-12(17)7-8-23(21)18(24)16-9-14-5-4-13(19)11-22(14)20-16/h3-6,9-11H,7-8H2,1-2H3. The van der Waals surface area contributed by atoms with Gasteiger partial charge in [0.05, 0.1) is 21.1 Å². The Kier molecular flexibility index (Phi) is 4.12. The van der Waals surface area contributed by atoms with Gasteiger partial charge in [0.25, 0.3) is 5.91 Å². The second-order valence-corrected chi connectivity index (χ2v) is 8.96. The average molecular weight is 405 g/mol. The zero-order valence-corrected chi connectivity index (χ0v) is 16.3. The van der Waals surface area contributed by atoms with Gasteiger partial charge in [0.2, 0.25) is 0 Å². The van der Waals surface area contributed by atoms with Gasteiger partial charge in [0.15, 0.2) is 15.5 Å². The van der Waals surface area contributed by atoms with Crippen molar-refractivity contribution in [2.45, 2.75) is 11.3 Å². The van der Waals surface area contributed by atoms with Crippen molar-refractivity contribution in [3.63, 3.8) is 0 Å². The highest BCUT2D eigenvalue weighted by Gasteiger charge is 2.28. The molecule has 27 heavy (non-hydrogen) atoms. The van der Waals surface area contributed by atoms with Crippen LogP contribution < -0.4 is 5.01 Å². The number of carbonyl (C=O) groups excluding carboxylic acids is 1. The van der Waals surface area contributed by atoms with Crippen molar-refractivity contribution in [3.8, 4) is 0 Å². The van der Waals surface area contributed by atoms with Gasteiger partial charge in [-0.05, 0) is 42.3 Å². The van der Waals surface area contributed by atoms with Gasteiger partial charge in [0.1, 0.15) is 0 Å². The molecule has 0 atom stereocenters. The number of nitrogens with zero attached hydrogens (tertiary/aromatic N) is 4. The molecular weight excluding hydrogens is 388 g/mol. The fourth-order valence-corrected chi connectivity index (χ4v) is 4.03. The minimum absolute atomic E-state index is 0.227. The first-order chi connectivity index (χ1) is 12.7. The lowest BCUT2D eigenvalue weighted by Crippen LogP contribution is -2.48. The third-order valence-corrected chi connectivity index (χ3v) is 6.00. The fourth-order valence-electron chi connectivity index (χ4n) is 3.23. The van der Waals surface area contributed by atoms with Crippen LogP contribution in [0.3, 0.4) is 0 Å². The van der Waals surface area contributed by atoms with E-state index in [9.17, 15) is 13.2 Å². The molecule has 0 saturated carbocycles. The zero-order chi connectivity index (χ0) is 19.3. The van der Waals surface area contributed by atoms with Crippen molar-refractivity contribution >= 4 is 38.5 Å². The number of amides is 1. The number of anilines is 1. The Balaban J connectivity index is 1.69. The van der Waals surface area contributed by atoms with Crippen LogP contribution in [0, 0.1) is 0 Å². The molecule has 1 amide bonds. The van der Waals surface area contributed by atoms with Crippen LogP contribution in [0.25, 0.3) is 5.52 Å². The van der Waals surface area contributed by atoms with Crippen LogP contribution in [0.15, 0.2) is 47.5 Å². The van der Waals surface area contributed by atoms with E-state index in [1.54, 1.807) is 64.2 Å². The molecule has 0 unspecified atom stereocenters. The Bertz CT molecular complexity index is 1170. The molecule has 140 valence electrons. The van der Waals surface area contributed by atoms with Crippen LogP contribution in [-0.2, 0) is 16.3 Å². The maximum absolute atomic E-state index is 13.0. The number of hydrogen-bond donors (Lipinski definition) is 0. The van der Waals surface area contributed by atoms with E-state index < -0.39 is 9.84 Å². The predicted molar refractivity (Wildman–Crippen MR) is 103 cm³/mol. The first-order valence-electron chi connectivity index (χ1n) is 8.27. The van der Waals surface area contributed by atoms with Crippen molar-refractivity contribution in [3.05, 3.63) is 58.9 Å². The number of benzene rings is 1. The van der Waals surface area contributed by atoms with Gasteiger partial charge >= 0.3 is 0 Å². The van der Waals surface area contributed by atoms with Crippen molar-refractivity contribution in [1.29, 1.82) is 0 Å². The third-order valence-electron chi connectivity index (χ3n) is 4.67. The largest absolute Gasteiger partial charge is 0.292 e. The quantitative estimate of drug-likeness (QED) is 0.655. The number of rotatable bonds is 2. The second-order valence-electron chi connectivity index (χ2n) is 6.51. The molecule has 0 saturated heterocycles. The summed E-state index contributed by atoms with van der Waals surface area (Å²) in [5.41, 5.74) is 2.76. The minimum Gasteiger partial charge on any atom is -0.285 e. The van der Waals surface area contributed by atoms with Crippen LogP contribution in [-0.4, -0.2) is 48.8 Å². The van der Waals surface area contributed by atoms with E-state index in [4.69, 9.17) is 11.6 Å². The van der Waals surface area contributed by atoms with Gasteiger partial charge in [-0.25, -0.2) is 17.9 Å². The summed E-state index contributed by atoms with van der Waals surface area (Å²) in [4.78, 5) is 13.2. The monoisotopic (exact) mass is 404 g/mol. The van der Waals surface area contributed by atoms with Crippen LogP contribution >= 0.6 is 11.6 Å². The first kappa shape index (κ1) is 17.8. The topological polar surface area (TPSA) is 75.0 Å². The number of hydrogen-bond acceptors (Lipinski definition) is 5. The lowest BCUT2D eigenvalue weighted by molar-refractivity contribution is 0.0732. The maximum Gasteiger partial charge on any atom is 0.292 e. The van der Waals surface area contributed by atoms with Crippen molar-refractivity contribution < 1.29 is 13.2 Å². The average Bonchev–Trinajstić information content (AvgIpc) is 3.03. The molecule has 0 fully saturated rings. The van der Waals surface area contributed by atoms with E-state index in [-0.39, 0.29) is 10.8 Å². The second kappa shape index (κ2) is 6.24. The number of hydrazine groups is 1. The summed E-state index contributed by atoms with van der Waals surface area (Å²) >= 11 is 5.97. The molecule has 0 N–H and O–H groups in total. The van der Waals surface area contributed by atoms with Gasteiger partial charge < -0.3 is 0 Å². The highest BCUT2D eigenvalue weighted by atomic mass is 35.5. The van der Waals surface area contributed by atoms with Gasteiger partial charge in [-0.3, -0.25) is 9.80 Å². The summed E-state index contributed by atoms with van der Waals surface area (Å²) < 4.78 is 25.3. The van der Waals surface area contributed by atoms with Crippen LogP contribution in [0.4, 0.5) is 5.69 Å². The smallest absolute Gasteiger partial charge is 0.285 e. The van der Waals surface area contributed by atoms with E-state index in [1.165, 1.54) is 6.26 Å². The van der Waals surface area contributed by atoms with E-state index >= 15 is 0 Å². The highest BCUT2D eigenvalue weighted by molar-refractivity contribution is 7.90. The molecule has 3 heterocycles. The van der Waals surface area contributed by atoms with Gasteiger partial charge in [-0.15, -0.1) is 0 Å². The fraction of sp³-hybridized carbons (Fsp3) is 0.222. The van der Waals surface area contributed by atoms with Crippen molar-refractivity contribution in [1.82, 2.24) is 14.6 Å². The summed E-state index contributed by atoms with van der Waals surface area (Å²) in [6.45, 7) is 0.481. The molecule has 0 radical (unpaired) electrons. The molecule has 9 heteroatoms. The van der Waals surface area contributed by atoms with Crippen LogP contribution in [0.5, 0.6) is 0 Å². The molecule has 3 aromatic rings. The Labute approximate surface area is 161 Å². The molecule has 0 aliphatic carbocycles. The number of pyridine rings is 1. The molecule has 4 rings (SSSR count). The van der Waals surface area contributed by atoms with E-state index in [0.29, 0.717) is 29.4 Å². The van der Waals surface area contributed by atoms with Gasteiger partial charge in [0, 0.05) is 26.0 Å². The highest BCUT2D eigenvalue weighted by Crippen LogP contribution is 2.30. The normalized spacial score (nSPS) is 14.5. The molecule has 1 aromatic carbocycles. The van der Waals surface area contributed by atoms with Crippen molar-refractivity contribution in [2.24, 2.45) is 0 Å². The summed E-state index contributed by atoms with van der Waals surface area (Å²) in [6, 6.07) is 10.2. The minimum atomic E-state index is -3.33. The number of aromatic nitrogens is 2. The Morgan fingerprint density at radius 1 is 1.19 bits per heavy atom. The number of sulfone groups is 1. The molecule has 1 aliphatic rings. The third kappa shape index (κ3) is 3.15. The van der Waals surface area contributed by atoms with Crippen molar-refractivity contribution in [2.75, 3.05) is 24.9 Å². The van der Waals surface area contributed by atoms with Crippen LogP contribution in [0.2, 0.25) is 5.02 Å². The Morgan fingerprint density at radius 3 is 2.70 bits per heavy atom. The summed E-state index contributed by atoms with van der Waals surface area (Å²) in [5.74, 6) is -0.257. The first-order valence-corrected chi connectivity index (χ1v) is 10.5. The lowest BCUT2D eigenvalue weighted by Gasteiger charge is -2.38. The van der Waals surface area contributed by atoms with Gasteiger partial charge in [-0.2, -0.15) is 5.10 Å². The predicted octanol–water partition coefficient (Wildman–Crippen LogP) is 2.44. The summed E-state index contributed by atoms with van der Waals surface area (Å²) in [7, 11) is -1.58. The number of carbonyl (C=O) groups is 1. The molecular formula is C18H17ClN4O3S. The molecule has 2 aromatic heterocycles. The molecule has 7 nitrogen and oxygen atoms in total. The number of halogens is 1. The van der Waals surface area contributed by atoms with E-state index in [1.807, 2.05) is 0 Å². The Hall–Kier alpha value is -2.58. The Morgan fingerprint density at radius 2 is 1.96 bits per heavy atom. The van der Waals surface area contributed by atoms with E-state index in [2.05, 4.69) is 5.10 Å².